The van der Waals surface area contributed by atoms with Gasteiger partial charge in [0.25, 0.3) is 0 Å². The molecule has 16 heavy (non-hydrogen) atoms. The summed E-state index contributed by atoms with van der Waals surface area (Å²) < 4.78 is 26.8. The van der Waals surface area contributed by atoms with Crippen LogP contribution >= 0.6 is 0 Å². The summed E-state index contributed by atoms with van der Waals surface area (Å²) in [6.45, 7) is 0.871. The molecule has 0 heterocycles. The summed E-state index contributed by atoms with van der Waals surface area (Å²) in [5.41, 5.74) is 0. The van der Waals surface area contributed by atoms with E-state index in [4.69, 9.17) is 14.0 Å². The van der Waals surface area contributed by atoms with Crippen molar-refractivity contribution in [3.63, 3.8) is 0 Å². The number of aliphatic carboxylic acids is 1. The van der Waals surface area contributed by atoms with Gasteiger partial charge in [-0.05, 0) is 0 Å². The predicted molar refractivity (Wildman–Crippen MR) is 59.9 cm³/mol. The Labute approximate surface area is 101 Å². The SMILES string of the molecule is [2H]C([2H])([2H])[N+](C)(C)C[C@@H](CC(=O)O)OC(=O)C(C)C. The van der Waals surface area contributed by atoms with E-state index in [-0.39, 0.29) is 12.5 Å². The van der Waals surface area contributed by atoms with E-state index in [9.17, 15) is 9.59 Å². The molecule has 0 aliphatic carbocycles. The van der Waals surface area contributed by atoms with Gasteiger partial charge < -0.3 is 14.3 Å². The van der Waals surface area contributed by atoms with Gasteiger partial charge in [0.05, 0.1) is 37.5 Å². The molecule has 5 heteroatoms. The Morgan fingerprint density at radius 1 is 1.44 bits per heavy atom. The van der Waals surface area contributed by atoms with Crippen molar-refractivity contribution >= 4 is 11.9 Å². The quantitative estimate of drug-likeness (QED) is 0.544. The molecule has 0 aromatic rings. The molecule has 0 fully saturated rings. The minimum atomic E-state index is -2.30. The maximum Gasteiger partial charge on any atom is 0.308 e. The van der Waals surface area contributed by atoms with Crippen molar-refractivity contribution < 1.29 is 28.0 Å². The van der Waals surface area contributed by atoms with E-state index in [0.29, 0.717) is 0 Å². The number of rotatable bonds is 6. The lowest BCUT2D eigenvalue weighted by Crippen LogP contribution is -2.44. The molecule has 0 rings (SSSR count). The smallest absolute Gasteiger partial charge is 0.308 e. The van der Waals surface area contributed by atoms with Gasteiger partial charge in [0.15, 0.2) is 6.10 Å². The average Bonchev–Trinajstić information content (AvgIpc) is 2.13. The van der Waals surface area contributed by atoms with Crippen LogP contribution in [0.5, 0.6) is 0 Å². The number of carboxylic acids is 1. The summed E-state index contributed by atoms with van der Waals surface area (Å²) in [6, 6.07) is 0. The van der Waals surface area contributed by atoms with Crippen LogP contribution in [-0.4, -0.2) is 55.2 Å². The predicted octanol–water partition coefficient (Wildman–Crippen LogP) is 0.735. The Hall–Kier alpha value is -1.10. The molecule has 0 bridgehead atoms. The molecule has 5 nitrogen and oxygen atoms in total. The van der Waals surface area contributed by atoms with Crippen molar-refractivity contribution in [2.24, 2.45) is 5.92 Å². The van der Waals surface area contributed by atoms with Crippen LogP contribution in [0.2, 0.25) is 0 Å². The highest BCUT2D eigenvalue weighted by molar-refractivity contribution is 5.73. The second-order valence-corrected chi connectivity index (χ2v) is 4.68. The highest BCUT2D eigenvalue weighted by atomic mass is 16.5. The lowest BCUT2D eigenvalue weighted by molar-refractivity contribution is -0.873. The molecule has 1 atom stereocenters. The van der Waals surface area contributed by atoms with E-state index in [1.165, 1.54) is 14.1 Å². The summed E-state index contributed by atoms with van der Waals surface area (Å²) >= 11 is 0. The number of hydrogen-bond donors (Lipinski definition) is 1. The molecule has 94 valence electrons. The van der Waals surface area contributed by atoms with Crippen LogP contribution in [0.15, 0.2) is 0 Å². The number of esters is 1. The van der Waals surface area contributed by atoms with E-state index >= 15 is 0 Å². The first-order valence-electron chi connectivity index (χ1n) is 6.62. The molecular weight excluding hydrogens is 210 g/mol. The fourth-order valence-electron chi connectivity index (χ4n) is 1.15. The highest BCUT2D eigenvalue weighted by Gasteiger charge is 2.25. The molecule has 1 N–H and O–H groups in total. The Balaban J connectivity index is 4.87. The van der Waals surface area contributed by atoms with Crippen LogP contribution in [0, 0.1) is 5.92 Å². The van der Waals surface area contributed by atoms with Crippen molar-refractivity contribution in [1.29, 1.82) is 0 Å². The Bertz CT molecular complexity index is 339. The van der Waals surface area contributed by atoms with Gasteiger partial charge in [-0.1, -0.05) is 13.8 Å². The Morgan fingerprint density at radius 2 is 2.00 bits per heavy atom. The lowest BCUT2D eigenvalue weighted by Gasteiger charge is -2.28. The third-order valence-electron chi connectivity index (χ3n) is 1.82. The number of nitrogens with zero attached hydrogens (tertiary/aromatic N) is 1. The van der Waals surface area contributed by atoms with Crippen LogP contribution < -0.4 is 0 Å². The number of carboxylic acid groups (broad SMARTS) is 1. The van der Waals surface area contributed by atoms with E-state index in [1.807, 2.05) is 0 Å². The van der Waals surface area contributed by atoms with Gasteiger partial charge in [0, 0.05) is 0 Å². The summed E-state index contributed by atoms with van der Waals surface area (Å²) in [4.78, 5) is 22.3. The summed E-state index contributed by atoms with van der Waals surface area (Å²) in [7, 11) is 2.90. The lowest BCUT2D eigenvalue weighted by atomic mass is 10.2. The van der Waals surface area contributed by atoms with E-state index in [1.54, 1.807) is 13.8 Å². The van der Waals surface area contributed by atoms with Crippen molar-refractivity contribution in [1.82, 2.24) is 0 Å². The van der Waals surface area contributed by atoms with Gasteiger partial charge >= 0.3 is 11.9 Å². The second kappa shape index (κ2) is 5.84. The van der Waals surface area contributed by atoms with E-state index in [0.717, 1.165) is 0 Å². The zero-order chi connectivity index (χ0) is 15.4. The highest BCUT2D eigenvalue weighted by Crippen LogP contribution is 2.08. The fraction of sp³-hybridized carbons (Fsp3) is 0.818. The normalized spacial score (nSPS) is 17.2. The molecule has 0 unspecified atom stereocenters. The number of carbonyl (C=O) groups excluding carboxylic acids is 1. The maximum atomic E-state index is 11.5. The van der Waals surface area contributed by atoms with Crippen LogP contribution in [0.25, 0.3) is 0 Å². The van der Waals surface area contributed by atoms with Crippen molar-refractivity contribution in [3.8, 4) is 0 Å². The number of likely N-dealkylation sites (N-methyl/N-ethyl adjacent to an activating group) is 1. The minimum Gasteiger partial charge on any atom is -0.481 e. The van der Waals surface area contributed by atoms with Crippen LogP contribution in [-0.2, 0) is 14.3 Å². The van der Waals surface area contributed by atoms with Crippen molar-refractivity contribution in [2.75, 3.05) is 27.6 Å². The monoisotopic (exact) mass is 235 g/mol. The van der Waals surface area contributed by atoms with Crippen molar-refractivity contribution in [3.05, 3.63) is 0 Å². The number of ether oxygens (including phenoxy) is 1. The molecule has 0 aromatic heterocycles. The molecule has 0 radical (unpaired) electrons. The van der Waals surface area contributed by atoms with E-state index < -0.39 is 35.9 Å². The largest absolute Gasteiger partial charge is 0.481 e. The van der Waals surface area contributed by atoms with Gasteiger partial charge in [-0.3, -0.25) is 9.59 Å². The maximum absolute atomic E-state index is 11.5. The van der Waals surface area contributed by atoms with Crippen LogP contribution in [0.4, 0.5) is 0 Å². The Kier molecular flexibility index (Phi) is 3.68. The number of quaternary nitrogens is 1. The zero-order valence-electron chi connectivity index (χ0n) is 13.2. The minimum absolute atomic E-state index is 0.0821. The summed E-state index contributed by atoms with van der Waals surface area (Å²) in [6.07, 6.45) is -1.36. The fourth-order valence-corrected chi connectivity index (χ4v) is 1.15. The number of hydrogen-bond acceptors (Lipinski definition) is 3. The third-order valence-corrected chi connectivity index (χ3v) is 1.82. The molecule has 0 saturated carbocycles. The van der Waals surface area contributed by atoms with E-state index in [2.05, 4.69) is 0 Å². The van der Waals surface area contributed by atoms with Crippen LogP contribution in [0.1, 0.15) is 24.4 Å². The first-order valence-corrected chi connectivity index (χ1v) is 5.12. The third kappa shape index (κ3) is 7.23. The molecule has 0 saturated heterocycles. The van der Waals surface area contributed by atoms with Gasteiger partial charge in [0.2, 0.25) is 0 Å². The van der Waals surface area contributed by atoms with Gasteiger partial charge in [-0.15, -0.1) is 0 Å². The summed E-state index contributed by atoms with van der Waals surface area (Å²) in [5, 5.41) is 8.80. The molecular formula is C11H22NO4+. The van der Waals surface area contributed by atoms with Gasteiger partial charge in [-0.2, -0.15) is 0 Å². The summed E-state index contributed by atoms with van der Waals surface area (Å²) in [5.74, 6) is -2.05. The molecule has 0 amide bonds. The first-order chi connectivity index (χ1) is 8.36. The standard InChI is InChI=1S/C11H21NO4/c1-8(2)11(15)16-9(6-10(13)14)7-12(3,4)5/h8-9H,6-7H2,1-5H3/p+1/t9-/m1/s1/i3D3. The number of carbonyl (C=O) groups is 2. The van der Waals surface area contributed by atoms with Crippen LogP contribution in [0.3, 0.4) is 0 Å². The van der Waals surface area contributed by atoms with Crippen molar-refractivity contribution in [2.45, 2.75) is 26.4 Å². The molecule has 0 aliphatic rings. The molecule has 0 aromatic carbocycles. The first kappa shape index (κ1) is 10.1. The molecule has 0 spiro atoms. The zero-order valence-corrected chi connectivity index (χ0v) is 10.2. The average molecular weight is 235 g/mol. The van der Waals surface area contributed by atoms with Gasteiger partial charge in [-0.25, -0.2) is 0 Å². The second-order valence-electron chi connectivity index (χ2n) is 4.68. The Morgan fingerprint density at radius 3 is 2.38 bits per heavy atom. The topological polar surface area (TPSA) is 63.6 Å². The molecule has 0 aliphatic heterocycles. The van der Waals surface area contributed by atoms with Gasteiger partial charge in [0.1, 0.15) is 6.54 Å².